The van der Waals surface area contributed by atoms with Gasteiger partial charge in [0.1, 0.15) is 0 Å². The Balaban J connectivity index is 2.25. The lowest BCUT2D eigenvalue weighted by atomic mass is 9.96. The minimum Gasteiger partial charge on any atom is -0.310 e. The van der Waals surface area contributed by atoms with Crippen LogP contribution in [0.1, 0.15) is 41.6 Å². The summed E-state index contributed by atoms with van der Waals surface area (Å²) < 4.78 is 1.16. The Bertz CT molecular complexity index is 572. The number of aryl methyl sites for hydroxylation is 2. The summed E-state index contributed by atoms with van der Waals surface area (Å²) in [6, 6.07) is 15.8. The van der Waals surface area contributed by atoms with Crippen molar-refractivity contribution in [3.63, 3.8) is 0 Å². The maximum atomic E-state index is 3.69. The van der Waals surface area contributed by atoms with Crippen molar-refractivity contribution in [2.75, 3.05) is 6.54 Å². The van der Waals surface area contributed by atoms with Crippen molar-refractivity contribution in [3.8, 4) is 0 Å². The molecule has 2 aromatic carbocycles. The average Bonchev–Trinajstić information content (AvgIpc) is 2.42. The van der Waals surface area contributed by atoms with Crippen molar-refractivity contribution >= 4 is 15.9 Å². The number of rotatable bonds is 6. The van der Waals surface area contributed by atoms with Gasteiger partial charge in [0.05, 0.1) is 0 Å². The van der Waals surface area contributed by atoms with Crippen LogP contribution in [0.4, 0.5) is 0 Å². The van der Waals surface area contributed by atoms with Crippen LogP contribution in [-0.2, 0) is 6.42 Å². The number of hydrogen-bond donors (Lipinski definition) is 1. The Labute approximate surface area is 136 Å². The minimum absolute atomic E-state index is 0.364. The van der Waals surface area contributed by atoms with Gasteiger partial charge < -0.3 is 5.32 Å². The van der Waals surface area contributed by atoms with Gasteiger partial charge in [0.25, 0.3) is 0 Å². The zero-order valence-electron chi connectivity index (χ0n) is 13.1. The summed E-state index contributed by atoms with van der Waals surface area (Å²) >= 11 is 3.62. The van der Waals surface area contributed by atoms with Gasteiger partial charge in [0.2, 0.25) is 0 Å². The standard InChI is InChI=1S/C19H24BrN/c1-4-8-21-19(12-16-7-5-6-14(2)9-16)17-10-15(3)11-18(20)13-17/h5-7,9-11,13,19,21H,4,8,12H2,1-3H3. The highest BCUT2D eigenvalue weighted by atomic mass is 79.9. The normalized spacial score (nSPS) is 12.4. The second-order valence-electron chi connectivity index (χ2n) is 5.76. The highest BCUT2D eigenvalue weighted by Crippen LogP contribution is 2.24. The molecule has 1 nitrogen and oxygen atoms in total. The van der Waals surface area contributed by atoms with Crippen molar-refractivity contribution in [2.45, 2.75) is 39.7 Å². The van der Waals surface area contributed by atoms with Crippen molar-refractivity contribution in [3.05, 3.63) is 69.2 Å². The SMILES string of the molecule is CCCNC(Cc1cccc(C)c1)c1cc(C)cc(Br)c1. The van der Waals surface area contributed by atoms with Crippen molar-refractivity contribution in [2.24, 2.45) is 0 Å². The van der Waals surface area contributed by atoms with Crippen molar-refractivity contribution in [1.29, 1.82) is 0 Å². The van der Waals surface area contributed by atoms with Gasteiger partial charge in [-0.15, -0.1) is 0 Å². The summed E-state index contributed by atoms with van der Waals surface area (Å²) in [5.41, 5.74) is 5.37. The first kappa shape index (κ1) is 16.3. The Morgan fingerprint density at radius 2 is 1.86 bits per heavy atom. The average molecular weight is 346 g/mol. The molecule has 0 saturated heterocycles. The van der Waals surface area contributed by atoms with Gasteiger partial charge in [0.15, 0.2) is 0 Å². The molecule has 0 amide bonds. The van der Waals surface area contributed by atoms with E-state index in [0.717, 1.165) is 23.9 Å². The van der Waals surface area contributed by atoms with Crippen LogP contribution in [0.15, 0.2) is 46.9 Å². The predicted molar refractivity (Wildman–Crippen MR) is 94.8 cm³/mol. The van der Waals surface area contributed by atoms with E-state index in [0.29, 0.717) is 6.04 Å². The molecule has 2 rings (SSSR count). The summed E-state index contributed by atoms with van der Waals surface area (Å²) in [6.07, 6.45) is 2.18. The van der Waals surface area contributed by atoms with Crippen molar-refractivity contribution in [1.82, 2.24) is 5.32 Å². The zero-order chi connectivity index (χ0) is 15.2. The van der Waals surface area contributed by atoms with E-state index in [1.165, 1.54) is 22.3 Å². The molecule has 0 aliphatic carbocycles. The van der Waals surface area contributed by atoms with E-state index in [1.54, 1.807) is 0 Å². The summed E-state index contributed by atoms with van der Waals surface area (Å²) in [4.78, 5) is 0. The van der Waals surface area contributed by atoms with Crippen LogP contribution in [0.3, 0.4) is 0 Å². The Hall–Kier alpha value is -1.12. The largest absolute Gasteiger partial charge is 0.310 e. The monoisotopic (exact) mass is 345 g/mol. The number of benzene rings is 2. The van der Waals surface area contributed by atoms with Gasteiger partial charge in [0, 0.05) is 10.5 Å². The third-order valence-electron chi connectivity index (χ3n) is 3.63. The van der Waals surface area contributed by atoms with Crippen LogP contribution in [-0.4, -0.2) is 6.54 Å². The predicted octanol–water partition coefficient (Wildman–Crippen LogP) is 5.35. The van der Waals surface area contributed by atoms with E-state index in [9.17, 15) is 0 Å². The van der Waals surface area contributed by atoms with E-state index >= 15 is 0 Å². The fraction of sp³-hybridized carbons (Fsp3) is 0.368. The summed E-state index contributed by atoms with van der Waals surface area (Å²) in [6.45, 7) is 7.56. The molecule has 1 unspecified atom stereocenters. The summed E-state index contributed by atoms with van der Waals surface area (Å²) in [5, 5.41) is 3.69. The smallest absolute Gasteiger partial charge is 0.0361 e. The van der Waals surface area contributed by atoms with Crippen LogP contribution in [0.5, 0.6) is 0 Å². The van der Waals surface area contributed by atoms with E-state index in [4.69, 9.17) is 0 Å². The minimum atomic E-state index is 0.364. The number of halogens is 1. The van der Waals surface area contributed by atoms with E-state index < -0.39 is 0 Å². The number of nitrogens with one attached hydrogen (secondary N) is 1. The first-order valence-corrected chi connectivity index (χ1v) is 8.44. The fourth-order valence-electron chi connectivity index (χ4n) is 2.67. The first-order valence-electron chi connectivity index (χ1n) is 7.64. The quantitative estimate of drug-likeness (QED) is 0.743. The second kappa shape index (κ2) is 7.77. The van der Waals surface area contributed by atoms with Gasteiger partial charge >= 0.3 is 0 Å². The van der Waals surface area contributed by atoms with Crippen LogP contribution >= 0.6 is 15.9 Å². The van der Waals surface area contributed by atoms with Gasteiger partial charge in [-0.3, -0.25) is 0 Å². The second-order valence-corrected chi connectivity index (χ2v) is 6.68. The molecular weight excluding hydrogens is 322 g/mol. The molecule has 1 N–H and O–H groups in total. The molecule has 0 aliphatic heterocycles. The lowest BCUT2D eigenvalue weighted by molar-refractivity contribution is 0.529. The Kier molecular flexibility index (Phi) is 6.01. The summed E-state index contributed by atoms with van der Waals surface area (Å²) in [7, 11) is 0. The number of hydrogen-bond acceptors (Lipinski definition) is 1. The molecule has 0 heterocycles. The fourth-order valence-corrected chi connectivity index (χ4v) is 3.29. The lowest BCUT2D eigenvalue weighted by Crippen LogP contribution is -2.24. The molecule has 0 bridgehead atoms. The van der Waals surface area contributed by atoms with Gasteiger partial charge in [-0.1, -0.05) is 58.7 Å². The molecule has 112 valence electrons. The highest BCUT2D eigenvalue weighted by molar-refractivity contribution is 9.10. The van der Waals surface area contributed by atoms with Gasteiger partial charge in [-0.25, -0.2) is 0 Å². The third kappa shape index (κ3) is 4.98. The molecule has 0 aliphatic rings. The van der Waals surface area contributed by atoms with E-state index in [-0.39, 0.29) is 0 Å². The van der Waals surface area contributed by atoms with Crippen LogP contribution in [0.2, 0.25) is 0 Å². The highest BCUT2D eigenvalue weighted by Gasteiger charge is 2.12. The van der Waals surface area contributed by atoms with E-state index in [2.05, 4.69) is 84.5 Å². The van der Waals surface area contributed by atoms with Gasteiger partial charge in [-0.05, 0) is 62.1 Å². The van der Waals surface area contributed by atoms with Crippen molar-refractivity contribution < 1.29 is 0 Å². The van der Waals surface area contributed by atoms with Crippen LogP contribution < -0.4 is 5.32 Å². The van der Waals surface area contributed by atoms with Crippen LogP contribution in [0, 0.1) is 13.8 Å². The third-order valence-corrected chi connectivity index (χ3v) is 4.09. The molecular formula is C19H24BrN. The molecule has 0 aromatic heterocycles. The molecule has 1 atom stereocenters. The molecule has 0 spiro atoms. The topological polar surface area (TPSA) is 12.0 Å². The molecule has 0 fully saturated rings. The summed E-state index contributed by atoms with van der Waals surface area (Å²) in [5.74, 6) is 0. The Morgan fingerprint density at radius 1 is 1.05 bits per heavy atom. The zero-order valence-corrected chi connectivity index (χ0v) is 14.7. The molecule has 21 heavy (non-hydrogen) atoms. The first-order chi connectivity index (χ1) is 10.1. The Morgan fingerprint density at radius 3 is 2.52 bits per heavy atom. The molecule has 0 radical (unpaired) electrons. The lowest BCUT2D eigenvalue weighted by Gasteiger charge is -2.20. The van der Waals surface area contributed by atoms with Crippen LogP contribution in [0.25, 0.3) is 0 Å². The maximum absolute atomic E-state index is 3.69. The molecule has 2 aromatic rings. The van der Waals surface area contributed by atoms with Gasteiger partial charge in [-0.2, -0.15) is 0 Å². The molecule has 2 heteroatoms. The molecule has 0 saturated carbocycles. The van der Waals surface area contributed by atoms with E-state index in [1.807, 2.05) is 0 Å². The maximum Gasteiger partial charge on any atom is 0.0361 e.